The first-order valence-electron chi connectivity index (χ1n) is 6.89. The van der Waals surface area contributed by atoms with Crippen LogP contribution in [0.2, 0.25) is 0 Å². The lowest BCUT2D eigenvalue weighted by atomic mass is 9.67. The highest BCUT2D eigenvalue weighted by Gasteiger charge is 2.47. The van der Waals surface area contributed by atoms with Gasteiger partial charge >= 0.3 is 0 Å². The van der Waals surface area contributed by atoms with Crippen molar-refractivity contribution in [2.24, 2.45) is 11.7 Å². The smallest absolute Gasteiger partial charge is 0.150 e. The van der Waals surface area contributed by atoms with Gasteiger partial charge in [0.15, 0.2) is 0 Å². The molecule has 0 spiro atoms. The normalized spacial score (nSPS) is 33.7. The Morgan fingerprint density at radius 1 is 1.28 bits per heavy atom. The Labute approximate surface area is 110 Å². The van der Waals surface area contributed by atoms with E-state index in [2.05, 4.69) is 0 Å². The molecule has 2 N–H and O–H groups in total. The third kappa shape index (κ3) is 2.58. The van der Waals surface area contributed by atoms with E-state index < -0.39 is 9.84 Å². The van der Waals surface area contributed by atoms with Gasteiger partial charge in [-0.2, -0.15) is 0 Å². The molecule has 0 radical (unpaired) electrons. The molecule has 5 heteroatoms. The van der Waals surface area contributed by atoms with Crippen LogP contribution in [0.25, 0.3) is 0 Å². The van der Waals surface area contributed by atoms with E-state index in [1.54, 1.807) is 7.11 Å². The Balaban J connectivity index is 2.05. The fraction of sp³-hybridized carbons (Fsp3) is 1.00. The average molecular weight is 275 g/mol. The van der Waals surface area contributed by atoms with E-state index >= 15 is 0 Å². The van der Waals surface area contributed by atoms with Gasteiger partial charge < -0.3 is 10.5 Å². The lowest BCUT2D eigenvalue weighted by Crippen LogP contribution is -2.58. The summed E-state index contributed by atoms with van der Waals surface area (Å²) >= 11 is 0. The van der Waals surface area contributed by atoms with Gasteiger partial charge in [-0.3, -0.25) is 0 Å². The summed E-state index contributed by atoms with van der Waals surface area (Å²) in [4.78, 5) is 0. The molecular formula is C13H25NO3S. The van der Waals surface area contributed by atoms with E-state index in [0.29, 0.717) is 12.3 Å². The van der Waals surface area contributed by atoms with Crippen LogP contribution in [0.15, 0.2) is 0 Å². The van der Waals surface area contributed by atoms with Crippen LogP contribution < -0.4 is 5.73 Å². The first-order valence-corrected chi connectivity index (χ1v) is 8.84. The standard InChI is InChI=1S/C13H25NO3S/c1-17-13(7-4-8-13)12(14)10-5-3-6-11(9-10)18(2,15)16/h10-12H,3-9,14H2,1-2H3. The zero-order valence-electron chi connectivity index (χ0n) is 11.4. The van der Waals surface area contributed by atoms with Gasteiger partial charge in [0, 0.05) is 19.4 Å². The third-order valence-electron chi connectivity index (χ3n) is 4.99. The number of methoxy groups -OCH3 is 1. The van der Waals surface area contributed by atoms with Gasteiger partial charge in [-0.1, -0.05) is 6.42 Å². The number of sulfone groups is 1. The maximum atomic E-state index is 11.7. The Bertz CT molecular complexity index is 384. The van der Waals surface area contributed by atoms with Crippen molar-refractivity contribution in [3.63, 3.8) is 0 Å². The zero-order chi connectivity index (χ0) is 13.4. The second-order valence-electron chi connectivity index (χ2n) is 6.03. The maximum absolute atomic E-state index is 11.7. The highest BCUT2D eigenvalue weighted by Crippen LogP contribution is 2.43. The Morgan fingerprint density at radius 3 is 2.39 bits per heavy atom. The van der Waals surface area contributed by atoms with Crippen molar-refractivity contribution >= 4 is 9.84 Å². The number of ether oxygens (including phenoxy) is 1. The molecule has 0 amide bonds. The van der Waals surface area contributed by atoms with E-state index in [0.717, 1.165) is 32.1 Å². The number of nitrogens with two attached hydrogens (primary N) is 1. The summed E-state index contributed by atoms with van der Waals surface area (Å²) < 4.78 is 29.0. The summed E-state index contributed by atoms with van der Waals surface area (Å²) in [6, 6.07) is -0.0131. The Morgan fingerprint density at radius 2 is 1.94 bits per heavy atom. The van der Waals surface area contributed by atoms with Crippen molar-refractivity contribution in [2.45, 2.75) is 61.8 Å². The predicted octanol–water partition coefficient (Wildman–Crippen LogP) is 1.49. The number of hydrogen-bond donors (Lipinski definition) is 1. The predicted molar refractivity (Wildman–Crippen MR) is 72.2 cm³/mol. The lowest BCUT2D eigenvalue weighted by Gasteiger charge is -2.49. The lowest BCUT2D eigenvalue weighted by molar-refractivity contribution is -0.104. The average Bonchev–Trinajstić information content (AvgIpc) is 2.27. The summed E-state index contributed by atoms with van der Waals surface area (Å²) in [6.07, 6.45) is 8.07. The van der Waals surface area contributed by atoms with Crippen LogP contribution in [-0.2, 0) is 14.6 Å². The Kier molecular flexibility index (Phi) is 4.04. The molecule has 0 aromatic carbocycles. The minimum absolute atomic E-state index is 0.0131. The van der Waals surface area contributed by atoms with Crippen LogP contribution in [-0.4, -0.2) is 38.7 Å². The summed E-state index contributed by atoms with van der Waals surface area (Å²) in [5, 5.41) is -0.198. The highest BCUT2D eigenvalue weighted by atomic mass is 32.2. The summed E-state index contributed by atoms with van der Waals surface area (Å²) in [6.45, 7) is 0. The second-order valence-corrected chi connectivity index (χ2v) is 8.35. The minimum atomic E-state index is -2.93. The fourth-order valence-corrected chi connectivity index (χ4v) is 4.72. The molecule has 2 aliphatic rings. The summed E-state index contributed by atoms with van der Waals surface area (Å²) in [5.41, 5.74) is 6.21. The highest BCUT2D eigenvalue weighted by molar-refractivity contribution is 7.91. The van der Waals surface area contributed by atoms with Crippen molar-refractivity contribution < 1.29 is 13.2 Å². The molecule has 0 aromatic heterocycles. The largest absolute Gasteiger partial charge is 0.377 e. The molecule has 18 heavy (non-hydrogen) atoms. The minimum Gasteiger partial charge on any atom is -0.377 e. The van der Waals surface area contributed by atoms with Gasteiger partial charge in [0.25, 0.3) is 0 Å². The third-order valence-corrected chi connectivity index (χ3v) is 6.63. The molecule has 4 nitrogen and oxygen atoms in total. The fourth-order valence-electron chi connectivity index (χ4n) is 3.52. The van der Waals surface area contributed by atoms with Gasteiger partial charge in [0.2, 0.25) is 0 Å². The van der Waals surface area contributed by atoms with E-state index in [1.165, 1.54) is 12.7 Å². The van der Waals surface area contributed by atoms with Crippen molar-refractivity contribution in [3.8, 4) is 0 Å². The van der Waals surface area contributed by atoms with Crippen molar-refractivity contribution in [1.29, 1.82) is 0 Å². The maximum Gasteiger partial charge on any atom is 0.150 e. The van der Waals surface area contributed by atoms with Gasteiger partial charge in [-0.05, 0) is 44.4 Å². The molecule has 0 heterocycles. The molecule has 2 aliphatic carbocycles. The van der Waals surface area contributed by atoms with Crippen LogP contribution in [0.5, 0.6) is 0 Å². The van der Waals surface area contributed by atoms with E-state index in [-0.39, 0.29) is 16.9 Å². The first-order chi connectivity index (χ1) is 8.39. The van der Waals surface area contributed by atoms with Gasteiger partial charge in [0.1, 0.15) is 9.84 Å². The first kappa shape index (κ1) is 14.3. The van der Waals surface area contributed by atoms with E-state index in [9.17, 15) is 8.42 Å². The molecule has 0 aromatic rings. The molecule has 3 unspecified atom stereocenters. The van der Waals surface area contributed by atoms with Crippen molar-refractivity contribution in [2.75, 3.05) is 13.4 Å². The van der Waals surface area contributed by atoms with Crippen molar-refractivity contribution in [1.82, 2.24) is 0 Å². The molecule has 106 valence electrons. The van der Waals surface area contributed by atoms with E-state index in [4.69, 9.17) is 10.5 Å². The van der Waals surface area contributed by atoms with E-state index in [1.807, 2.05) is 0 Å². The van der Waals surface area contributed by atoms with Gasteiger partial charge in [-0.15, -0.1) is 0 Å². The molecule has 0 aliphatic heterocycles. The Hall–Kier alpha value is -0.130. The van der Waals surface area contributed by atoms with Crippen LogP contribution in [0.3, 0.4) is 0 Å². The molecule has 0 bridgehead atoms. The van der Waals surface area contributed by atoms with Crippen LogP contribution in [0.1, 0.15) is 44.9 Å². The molecule has 3 atom stereocenters. The molecule has 2 fully saturated rings. The van der Waals surface area contributed by atoms with Crippen LogP contribution in [0.4, 0.5) is 0 Å². The summed E-state index contributed by atoms with van der Waals surface area (Å²) in [7, 11) is -1.20. The molecular weight excluding hydrogens is 250 g/mol. The summed E-state index contributed by atoms with van der Waals surface area (Å²) in [5.74, 6) is 0.290. The van der Waals surface area contributed by atoms with Gasteiger partial charge in [0.05, 0.1) is 10.9 Å². The molecule has 0 saturated heterocycles. The molecule has 2 saturated carbocycles. The quantitative estimate of drug-likeness (QED) is 0.844. The van der Waals surface area contributed by atoms with Gasteiger partial charge in [-0.25, -0.2) is 8.42 Å². The second kappa shape index (κ2) is 5.10. The van der Waals surface area contributed by atoms with Crippen molar-refractivity contribution in [3.05, 3.63) is 0 Å². The molecule has 2 rings (SSSR count). The topological polar surface area (TPSA) is 69.4 Å². The zero-order valence-corrected chi connectivity index (χ0v) is 12.2. The number of rotatable bonds is 4. The monoisotopic (exact) mass is 275 g/mol. The SMILES string of the molecule is COC1(C(N)C2CCCC(S(C)(=O)=O)C2)CCC1. The van der Waals surface area contributed by atoms with Crippen LogP contribution >= 0.6 is 0 Å². The number of hydrogen-bond acceptors (Lipinski definition) is 4. The van der Waals surface area contributed by atoms with Crippen LogP contribution in [0, 0.1) is 5.92 Å².